The number of nitrogens with one attached hydrogen (secondary N) is 1. The number of benzene rings is 1. The molecule has 0 amide bonds. The first-order valence-electron chi connectivity index (χ1n) is 3.75. The van der Waals surface area contributed by atoms with Gasteiger partial charge in [-0.25, -0.2) is 4.39 Å². The highest BCUT2D eigenvalue weighted by molar-refractivity contribution is 5.89. The number of rotatable bonds is 1. The van der Waals surface area contributed by atoms with Crippen LogP contribution in [0.15, 0.2) is 29.6 Å². The van der Waals surface area contributed by atoms with Crippen molar-refractivity contribution in [2.45, 2.75) is 0 Å². The molecule has 2 N–H and O–H groups in total. The topological polar surface area (TPSA) is 48.4 Å². The Bertz CT molecular complexity index is 462. The molecule has 0 atom stereocenters. The molecular weight excluding hydrogens is 171 g/mol. The zero-order valence-electron chi connectivity index (χ0n) is 6.66. The number of aromatic nitrogens is 1. The van der Waals surface area contributed by atoms with Crippen molar-refractivity contribution in [3.63, 3.8) is 0 Å². The lowest BCUT2D eigenvalue weighted by Crippen LogP contribution is -1.87. The molecule has 13 heavy (non-hydrogen) atoms. The monoisotopic (exact) mass is 178 g/mol. The molecule has 0 spiro atoms. The summed E-state index contributed by atoms with van der Waals surface area (Å²) in [5, 5.41) is 11.9. The minimum absolute atomic E-state index is 0.273. The van der Waals surface area contributed by atoms with Gasteiger partial charge < -0.3 is 10.2 Å². The van der Waals surface area contributed by atoms with Gasteiger partial charge in [-0.15, -0.1) is 0 Å². The van der Waals surface area contributed by atoms with Gasteiger partial charge in [0.1, 0.15) is 5.82 Å². The van der Waals surface area contributed by atoms with Crippen molar-refractivity contribution in [1.82, 2.24) is 4.98 Å². The smallest absolute Gasteiger partial charge is 0.134 e. The van der Waals surface area contributed by atoms with E-state index in [1.165, 1.54) is 6.07 Å². The van der Waals surface area contributed by atoms with Gasteiger partial charge in [-0.1, -0.05) is 5.16 Å². The Morgan fingerprint density at radius 3 is 3.08 bits per heavy atom. The first-order valence-corrected chi connectivity index (χ1v) is 3.75. The third kappa shape index (κ3) is 1.26. The maximum Gasteiger partial charge on any atom is 0.134 e. The lowest BCUT2D eigenvalue weighted by molar-refractivity contribution is 0.321. The highest BCUT2D eigenvalue weighted by atomic mass is 19.1. The molecule has 0 unspecified atom stereocenters. The fourth-order valence-electron chi connectivity index (χ4n) is 1.25. The summed E-state index contributed by atoms with van der Waals surface area (Å²) in [5.41, 5.74) is 1.00. The fraction of sp³-hybridized carbons (Fsp3) is 0. The van der Waals surface area contributed by atoms with Crippen LogP contribution in [0.4, 0.5) is 4.39 Å². The molecule has 66 valence electrons. The molecule has 1 heterocycles. The van der Waals surface area contributed by atoms with Gasteiger partial charge in [0.25, 0.3) is 0 Å². The number of fused-ring (bicyclic) bond motifs is 1. The van der Waals surface area contributed by atoms with Crippen molar-refractivity contribution in [1.29, 1.82) is 0 Å². The van der Waals surface area contributed by atoms with E-state index in [0.717, 1.165) is 17.1 Å². The largest absolute Gasteiger partial charge is 0.411 e. The van der Waals surface area contributed by atoms with Crippen LogP contribution in [0.25, 0.3) is 10.9 Å². The van der Waals surface area contributed by atoms with Crippen molar-refractivity contribution < 1.29 is 9.60 Å². The molecule has 1 aromatic heterocycles. The van der Waals surface area contributed by atoms with Crippen LogP contribution in [0.1, 0.15) is 5.56 Å². The normalized spacial score (nSPS) is 11.5. The predicted octanol–water partition coefficient (Wildman–Crippen LogP) is 2.12. The first kappa shape index (κ1) is 7.79. The summed E-state index contributed by atoms with van der Waals surface area (Å²) in [7, 11) is 0. The van der Waals surface area contributed by atoms with Crippen molar-refractivity contribution in [3.05, 3.63) is 35.8 Å². The zero-order valence-corrected chi connectivity index (χ0v) is 6.66. The Kier molecular flexibility index (Phi) is 1.73. The summed E-state index contributed by atoms with van der Waals surface area (Å²) in [4.78, 5) is 2.88. The minimum atomic E-state index is -0.409. The second-order valence-electron chi connectivity index (χ2n) is 2.68. The van der Waals surface area contributed by atoms with Gasteiger partial charge in [0.05, 0.1) is 6.21 Å². The summed E-state index contributed by atoms with van der Waals surface area (Å²) in [6.07, 6.45) is 2.80. The molecule has 0 fully saturated rings. The zero-order chi connectivity index (χ0) is 9.26. The van der Waals surface area contributed by atoms with E-state index in [4.69, 9.17) is 5.21 Å². The van der Waals surface area contributed by atoms with Crippen LogP contribution in [0, 0.1) is 5.82 Å². The second-order valence-corrected chi connectivity index (χ2v) is 2.68. The van der Waals surface area contributed by atoms with Gasteiger partial charge in [-0.3, -0.25) is 0 Å². The van der Waals surface area contributed by atoms with E-state index < -0.39 is 5.82 Å². The third-order valence-corrected chi connectivity index (χ3v) is 1.87. The molecule has 0 saturated heterocycles. The van der Waals surface area contributed by atoms with E-state index in [2.05, 4.69) is 10.1 Å². The van der Waals surface area contributed by atoms with Crippen LogP contribution in [-0.2, 0) is 0 Å². The highest BCUT2D eigenvalue weighted by Gasteiger charge is 2.02. The summed E-state index contributed by atoms with van der Waals surface area (Å²) in [6.45, 7) is 0. The van der Waals surface area contributed by atoms with Crippen molar-refractivity contribution in [2.75, 3.05) is 0 Å². The van der Waals surface area contributed by atoms with Gasteiger partial charge in [-0.05, 0) is 18.2 Å². The predicted molar refractivity (Wildman–Crippen MR) is 47.6 cm³/mol. The number of H-pyrrole nitrogens is 1. The Hall–Kier alpha value is -1.84. The van der Waals surface area contributed by atoms with Gasteiger partial charge >= 0.3 is 0 Å². The minimum Gasteiger partial charge on any atom is -0.411 e. The van der Waals surface area contributed by atoms with E-state index in [-0.39, 0.29) is 5.56 Å². The van der Waals surface area contributed by atoms with E-state index in [1.54, 1.807) is 12.3 Å². The number of hydrogen-bond acceptors (Lipinski definition) is 2. The fourth-order valence-corrected chi connectivity index (χ4v) is 1.25. The van der Waals surface area contributed by atoms with Crippen LogP contribution in [0.5, 0.6) is 0 Å². The number of halogens is 1. The summed E-state index contributed by atoms with van der Waals surface area (Å²) >= 11 is 0. The number of oxime groups is 1. The second kappa shape index (κ2) is 2.90. The molecule has 0 aliphatic heterocycles. The van der Waals surface area contributed by atoms with Crippen LogP contribution >= 0.6 is 0 Å². The molecular formula is C9H7FN2O. The average Bonchev–Trinajstić information content (AvgIpc) is 2.52. The van der Waals surface area contributed by atoms with Crippen LogP contribution in [-0.4, -0.2) is 16.4 Å². The van der Waals surface area contributed by atoms with Gasteiger partial charge in [0.15, 0.2) is 0 Å². The molecule has 0 aliphatic carbocycles. The van der Waals surface area contributed by atoms with Crippen LogP contribution in [0.3, 0.4) is 0 Å². The number of aromatic amines is 1. The summed E-state index contributed by atoms with van der Waals surface area (Å²) < 4.78 is 13.2. The van der Waals surface area contributed by atoms with Gasteiger partial charge in [-0.2, -0.15) is 0 Å². The number of hydrogen-bond donors (Lipinski definition) is 2. The van der Waals surface area contributed by atoms with E-state index in [1.807, 2.05) is 6.07 Å². The third-order valence-electron chi connectivity index (χ3n) is 1.87. The molecule has 0 radical (unpaired) electrons. The Labute approximate surface area is 73.5 Å². The molecule has 2 rings (SSSR count). The molecule has 0 saturated carbocycles. The summed E-state index contributed by atoms with van der Waals surface area (Å²) in [5.74, 6) is -0.409. The van der Waals surface area contributed by atoms with Gasteiger partial charge in [0, 0.05) is 22.7 Å². The van der Waals surface area contributed by atoms with E-state index >= 15 is 0 Å². The van der Waals surface area contributed by atoms with E-state index in [0.29, 0.717) is 0 Å². The van der Waals surface area contributed by atoms with Crippen molar-refractivity contribution in [3.8, 4) is 0 Å². The number of nitrogens with zero attached hydrogens (tertiary/aromatic N) is 1. The lowest BCUT2D eigenvalue weighted by atomic mass is 10.1. The average molecular weight is 178 g/mol. The Balaban J connectivity index is 2.69. The quantitative estimate of drug-likeness (QED) is 0.392. The lowest BCUT2D eigenvalue weighted by Gasteiger charge is -1.95. The van der Waals surface area contributed by atoms with Crippen LogP contribution < -0.4 is 0 Å². The highest BCUT2D eigenvalue weighted by Crippen LogP contribution is 2.16. The molecule has 1 aromatic carbocycles. The first-order chi connectivity index (χ1) is 6.31. The molecule has 3 nitrogen and oxygen atoms in total. The molecule has 0 aliphatic rings. The summed E-state index contributed by atoms with van der Waals surface area (Å²) in [6, 6.07) is 4.80. The maximum absolute atomic E-state index is 13.2. The maximum atomic E-state index is 13.2. The van der Waals surface area contributed by atoms with Crippen LogP contribution in [0.2, 0.25) is 0 Å². The standard InChI is InChI=1S/C9H7FN2O/c10-8-4-9-6(1-2-11-9)3-7(8)5-12-13/h1-5,11,13H/b12-5+. The Morgan fingerprint density at radius 2 is 2.31 bits per heavy atom. The van der Waals surface area contributed by atoms with Gasteiger partial charge in [0.2, 0.25) is 0 Å². The molecule has 4 heteroatoms. The van der Waals surface area contributed by atoms with Crippen molar-refractivity contribution >= 4 is 17.1 Å². The molecule has 2 aromatic rings. The molecule has 0 bridgehead atoms. The van der Waals surface area contributed by atoms with Crippen molar-refractivity contribution in [2.24, 2.45) is 5.16 Å². The SMILES string of the molecule is O/N=C/c1cc2cc[nH]c2cc1F. The Morgan fingerprint density at radius 1 is 1.46 bits per heavy atom. The van der Waals surface area contributed by atoms with E-state index in [9.17, 15) is 4.39 Å².